The molecule has 27 heavy (non-hydrogen) atoms. The molecule has 1 aromatic heterocycles. The molecule has 8 nitrogen and oxygen atoms in total. The van der Waals surface area contributed by atoms with Crippen molar-refractivity contribution in [1.82, 2.24) is 14.3 Å². The Balaban J connectivity index is 1.64. The van der Waals surface area contributed by atoms with Crippen LogP contribution in [0.25, 0.3) is 0 Å². The number of hydrogen-bond donors (Lipinski definition) is 0. The van der Waals surface area contributed by atoms with E-state index in [0.29, 0.717) is 36.8 Å². The summed E-state index contributed by atoms with van der Waals surface area (Å²) < 4.78 is 31.4. The monoisotopic (exact) mass is 394 g/mol. The van der Waals surface area contributed by atoms with Gasteiger partial charge >= 0.3 is 6.09 Å². The Kier molecular flexibility index (Phi) is 4.62. The molecule has 0 aromatic carbocycles. The van der Waals surface area contributed by atoms with Gasteiger partial charge in [0.25, 0.3) is 0 Å². The molecule has 3 fully saturated rings. The number of rotatable bonds is 3. The van der Waals surface area contributed by atoms with Gasteiger partial charge in [0, 0.05) is 18.3 Å². The molecule has 1 saturated carbocycles. The third kappa shape index (κ3) is 3.54. The molecule has 3 heterocycles. The van der Waals surface area contributed by atoms with Gasteiger partial charge in [0.2, 0.25) is 10.0 Å². The zero-order valence-corrected chi connectivity index (χ0v) is 16.7. The summed E-state index contributed by atoms with van der Waals surface area (Å²) in [7, 11) is -3.33. The fourth-order valence-corrected chi connectivity index (χ4v) is 5.64. The average molecular weight is 394 g/mol. The first-order valence-corrected chi connectivity index (χ1v) is 11.5. The normalized spacial score (nSPS) is 25.9. The van der Waals surface area contributed by atoms with Gasteiger partial charge < -0.3 is 4.74 Å². The van der Waals surface area contributed by atoms with Gasteiger partial charge in [0.1, 0.15) is 17.2 Å². The first-order valence-electron chi connectivity index (χ1n) is 9.60. The Hall–Kier alpha value is -1.74. The number of carbonyl (C=O) groups is 1. The van der Waals surface area contributed by atoms with Gasteiger partial charge in [-0.05, 0) is 45.4 Å². The molecular weight excluding hydrogens is 368 g/mol. The number of nitrogens with zero attached hydrogens (tertiary/aromatic N) is 4. The number of carbonyl (C=O) groups excluding carboxylic acids is 1. The summed E-state index contributed by atoms with van der Waals surface area (Å²) in [5, 5.41) is 0. The van der Waals surface area contributed by atoms with Crippen molar-refractivity contribution in [2.75, 3.05) is 24.2 Å². The van der Waals surface area contributed by atoms with E-state index in [2.05, 4.69) is 9.97 Å². The van der Waals surface area contributed by atoms with E-state index >= 15 is 0 Å². The molecule has 1 atom stereocenters. The predicted molar refractivity (Wildman–Crippen MR) is 99.9 cm³/mol. The minimum Gasteiger partial charge on any atom is -0.441 e. The van der Waals surface area contributed by atoms with Crippen LogP contribution in [0.3, 0.4) is 0 Å². The maximum Gasteiger partial charge on any atom is 0.416 e. The van der Waals surface area contributed by atoms with E-state index in [1.54, 1.807) is 11.0 Å². The van der Waals surface area contributed by atoms with E-state index in [1.807, 2.05) is 6.92 Å². The van der Waals surface area contributed by atoms with Crippen LogP contribution in [0, 0.1) is 6.92 Å². The molecule has 2 aliphatic heterocycles. The number of amides is 1. The van der Waals surface area contributed by atoms with Crippen molar-refractivity contribution < 1.29 is 17.9 Å². The highest BCUT2D eigenvalue weighted by Crippen LogP contribution is 2.39. The lowest BCUT2D eigenvalue weighted by atomic mass is 9.85. The molecule has 0 unspecified atom stereocenters. The topological polar surface area (TPSA) is 92.7 Å². The van der Waals surface area contributed by atoms with Crippen LogP contribution in [-0.2, 0) is 14.8 Å². The smallest absolute Gasteiger partial charge is 0.416 e. The standard InChI is InChI=1S/C18H26N4O4S/c1-13-11-15(21-12-18(26-17(21)23)8-4-3-5-9-18)20-16(19-13)14-7-6-10-22(14)27(2,24)25/h11,14H,3-10,12H2,1-2H3/t14-/m0/s1. The van der Waals surface area contributed by atoms with Crippen LogP contribution in [0.2, 0.25) is 0 Å². The van der Waals surface area contributed by atoms with E-state index in [0.717, 1.165) is 32.1 Å². The molecule has 2 saturated heterocycles. The first kappa shape index (κ1) is 18.6. The van der Waals surface area contributed by atoms with Crippen molar-refractivity contribution in [3.05, 3.63) is 17.6 Å². The third-order valence-electron chi connectivity index (χ3n) is 5.80. The summed E-state index contributed by atoms with van der Waals surface area (Å²) >= 11 is 0. The molecule has 4 rings (SSSR count). The number of ether oxygens (including phenoxy) is 1. The molecule has 0 bridgehead atoms. The van der Waals surface area contributed by atoms with Crippen molar-refractivity contribution in [3.8, 4) is 0 Å². The summed E-state index contributed by atoms with van der Waals surface area (Å²) in [6, 6.07) is 1.40. The Morgan fingerprint density at radius 1 is 1.19 bits per heavy atom. The van der Waals surface area contributed by atoms with E-state index in [-0.39, 0.29) is 12.1 Å². The van der Waals surface area contributed by atoms with Crippen LogP contribution in [0.1, 0.15) is 62.5 Å². The fourth-order valence-electron chi connectivity index (χ4n) is 4.51. The molecule has 1 aliphatic carbocycles. The second-order valence-electron chi connectivity index (χ2n) is 7.96. The minimum absolute atomic E-state index is 0.368. The van der Waals surface area contributed by atoms with E-state index < -0.39 is 15.6 Å². The third-order valence-corrected chi connectivity index (χ3v) is 7.09. The summed E-state index contributed by atoms with van der Waals surface area (Å²) in [4.78, 5) is 23.2. The summed E-state index contributed by atoms with van der Waals surface area (Å²) in [5.74, 6) is 0.968. The highest BCUT2D eigenvalue weighted by molar-refractivity contribution is 7.88. The van der Waals surface area contributed by atoms with Crippen molar-refractivity contribution in [2.45, 2.75) is 63.5 Å². The number of hydrogen-bond acceptors (Lipinski definition) is 6. The van der Waals surface area contributed by atoms with Crippen LogP contribution < -0.4 is 4.90 Å². The molecule has 0 radical (unpaired) electrons. The Labute approximate surface area is 160 Å². The summed E-state index contributed by atoms with van der Waals surface area (Å²) in [6.45, 7) is 2.82. The van der Waals surface area contributed by atoms with Gasteiger partial charge in [-0.25, -0.2) is 23.2 Å². The zero-order chi connectivity index (χ0) is 19.2. The van der Waals surface area contributed by atoms with Gasteiger partial charge in [-0.3, -0.25) is 4.90 Å². The lowest BCUT2D eigenvalue weighted by molar-refractivity contribution is 0.0260. The SMILES string of the molecule is Cc1cc(N2CC3(CCCCC3)OC2=O)nc([C@@H]2CCCN2S(C)(=O)=O)n1. The molecule has 1 amide bonds. The second-order valence-corrected chi connectivity index (χ2v) is 9.89. The van der Waals surface area contributed by atoms with Crippen molar-refractivity contribution in [1.29, 1.82) is 0 Å². The molecule has 1 spiro atoms. The van der Waals surface area contributed by atoms with Gasteiger partial charge in [-0.1, -0.05) is 6.42 Å². The van der Waals surface area contributed by atoms with Gasteiger partial charge in [-0.15, -0.1) is 0 Å². The average Bonchev–Trinajstić information content (AvgIpc) is 3.20. The van der Waals surface area contributed by atoms with Crippen LogP contribution >= 0.6 is 0 Å². The van der Waals surface area contributed by atoms with E-state index in [9.17, 15) is 13.2 Å². The summed E-state index contributed by atoms with van der Waals surface area (Å²) in [6.07, 6.45) is 7.40. The Morgan fingerprint density at radius 2 is 1.93 bits per heavy atom. The van der Waals surface area contributed by atoms with Gasteiger partial charge in [0.15, 0.2) is 0 Å². The lowest BCUT2D eigenvalue weighted by Gasteiger charge is -2.30. The van der Waals surface area contributed by atoms with Crippen molar-refractivity contribution >= 4 is 21.9 Å². The number of sulfonamides is 1. The van der Waals surface area contributed by atoms with Crippen molar-refractivity contribution in [3.63, 3.8) is 0 Å². The van der Waals surface area contributed by atoms with Crippen LogP contribution in [-0.4, -0.2) is 53.7 Å². The molecule has 148 valence electrons. The van der Waals surface area contributed by atoms with Crippen LogP contribution in [0.5, 0.6) is 0 Å². The molecule has 0 N–H and O–H groups in total. The Morgan fingerprint density at radius 3 is 2.63 bits per heavy atom. The van der Waals surface area contributed by atoms with E-state index in [1.165, 1.54) is 17.0 Å². The largest absolute Gasteiger partial charge is 0.441 e. The highest BCUT2D eigenvalue weighted by atomic mass is 32.2. The highest BCUT2D eigenvalue weighted by Gasteiger charge is 2.47. The number of aromatic nitrogens is 2. The first-order chi connectivity index (χ1) is 12.8. The quantitative estimate of drug-likeness (QED) is 0.782. The van der Waals surface area contributed by atoms with E-state index in [4.69, 9.17) is 4.74 Å². The second kappa shape index (κ2) is 6.70. The maximum absolute atomic E-state index is 12.6. The maximum atomic E-state index is 12.6. The molecular formula is C18H26N4O4S. The molecule has 3 aliphatic rings. The summed E-state index contributed by atoms with van der Waals surface area (Å²) in [5.41, 5.74) is 0.313. The molecule has 1 aromatic rings. The Bertz CT molecular complexity index is 851. The zero-order valence-electron chi connectivity index (χ0n) is 15.8. The molecule has 9 heteroatoms. The number of anilines is 1. The minimum atomic E-state index is -3.33. The van der Waals surface area contributed by atoms with Gasteiger partial charge in [0.05, 0.1) is 18.8 Å². The van der Waals surface area contributed by atoms with Crippen LogP contribution in [0.15, 0.2) is 6.07 Å². The van der Waals surface area contributed by atoms with Crippen molar-refractivity contribution in [2.24, 2.45) is 0 Å². The predicted octanol–water partition coefficient (Wildman–Crippen LogP) is 2.54. The van der Waals surface area contributed by atoms with Gasteiger partial charge in [-0.2, -0.15) is 4.31 Å². The lowest BCUT2D eigenvalue weighted by Crippen LogP contribution is -2.37. The van der Waals surface area contributed by atoms with Crippen LogP contribution in [0.4, 0.5) is 10.6 Å². The fraction of sp³-hybridized carbons (Fsp3) is 0.722. The number of aryl methyl sites for hydroxylation is 1.